The van der Waals surface area contributed by atoms with Crippen LogP contribution < -0.4 is 10.0 Å². The van der Waals surface area contributed by atoms with E-state index in [2.05, 4.69) is 23.9 Å². The van der Waals surface area contributed by atoms with Crippen LogP contribution in [0.4, 0.5) is 0 Å². The number of hydrogen-bond acceptors (Lipinski definition) is 3. The average Bonchev–Trinajstić information content (AvgIpc) is 3.08. The Morgan fingerprint density at radius 2 is 1.74 bits per heavy atom. The molecule has 0 aromatic heterocycles. The average molecular weight is 290 g/mol. The summed E-state index contributed by atoms with van der Waals surface area (Å²) < 4.78 is 27.0. The second-order valence-corrected chi connectivity index (χ2v) is 8.51. The van der Waals surface area contributed by atoms with Gasteiger partial charge in [-0.25, -0.2) is 13.1 Å². The van der Waals surface area contributed by atoms with Crippen LogP contribution in [0.3, 0.4) is 0 Å². The number of sulfonamides is 1. The summed E-state index contributed by atoms with van der Waals surface area (Å²) in [5, 5.41) is 2.91. The van der Waals surface area contributed by atoms with Crippen LogP contribution >= 0.6 is 0 Å². The van der Waals surface area contributed by atoms with E-state index in [1.807, 2.05) is 6.92 Å². The zero-order chi connectivity index (χ0) is 14.5. The quantitative estimate of drug-likeness (QED) is 0.649. The molecule has 0 amide bonds. The molecule has 2 N–H and O–H groups in total. The van der Waals surface area contributed by atoms with Crippen LogP contribution in [0, 0.1) is 5.92 Å². The predicted octanol–water partition coefficient (Wildman–Crippen LogP) is 2.26. The van der Waals surface area contributed by atoms with Gasteiger partial charge in [-0.2, -0.15) is 0 Å². The Bertz CT molecular complexity index is 350. The lowest BCUT2D eigenvalue weighted by Crippen LogP contribution is -2.43. The second-order valence-electron chi connectivity index (χ2n) is 6.38. The molecule has 0 heterocycles. The maximum Gasteiger partial charge on any atom is 0.215 e. The second kappa shape index (κ2) is 7.60. The Labute approximate surface area is 118 Å². The molecule has 1 fully saturated rings. The van der Waals surface area contributed by atoms with E-state index in [-0.39, 0.29) is 11.3 Å². The molecule has 0 aromatic rings. The molecule has 1 aliphatic rings. The molecule has 4 nitrogen and oxygen atoms in total. The Morgan fingerprint density at radius 3 is 2.26 bits per heavy atom. The first-order valence-corrected chi connectivity index (χ1v) is 9.10. The van der Waals surface area contributed by atoms with Gasteiger partial charge >= 0.3 is 0 Å². The third-order valence-electron chi connectivity index (χ3n) is 3.59. The van der Waals surface area contributed by atoms with Crippen molar-refractivity contribution in [2.24, 2.45) is 5.92 Å². The minimum atomic E-state index is -3.19. The molecule has 0 bridgehead atoms. The van der Waals surface area contributed by atoms with Gasteiger partial charge in [0.2, 0.25) is 10.0 Å². The summed E-state index contributed by atoms with van der Waals surface area (Å²) >= 11 is 0. The Kier molecular flexibility index (Phi) is 6.77. The highest BCUT2D eigenvalue weighted by Gasteiger charge is 2.26. The SMILES string of the molecule is CC(C)CCCC(C)NS(=O)(=O)C(C)CNC1CC1. The van der Waals surface area contributed by atoms with Crippen molar-refractivity contribution in [2.75, 3.05) is 6.54 Å². The van der Waals surface area contributed by atoms with Gasteiger partial charge < -0.3 is 5.32 Å². The molecule has 0 saturated heterocycles. The molecule has 0 aliphatic heterocycles. The van der Waals surface area contributed by atoms with Crippen LogP contribution in [-0.2, 0) is 10.0 Å². The number of rotatable bonds is 10. The summed E-state index contributed by atoms with van der Waals surface area (Å²) in [6, 6.07) is 0.591. The Morgan fingerprint density at radius 1 is 1.11 bits per heavy atom. The highest BCUT2D eigenvalue weighted by molar-refractivity contribution is 7.90. The Balaban J connectivity index is 2.26. The maximum absolute atomic E-state index is 12.1. The molecule has 1 aliphatic carbocycles. The fraction of sp³-hybridized carbons (Fsp3) is 1.00. The minimum absolute atomic E-state index is 0.0344. The van der Waals surface area contributed by atoms with Gasteiger partial charge in [0.05, 0.1) is 5.25 Å². The zero-order valence-electron chi connectivity index (χ0n) is 12.8. The standard InChI is InChI=1S/C14H30N2O2S/c1-11(2)6-5-7-12(3)16-19(17,18)13(4)10-15-14-8-9-14/h11-16H,5-10H2,1-4H3. The first-order valence-electron chi connectivity index (χ1n) is 7.55. The van der Waals surface area contributed by atoms with Crippen molar-refractivity contribution in [3.8, 4) is 0 Å². The van der Waals surface area contributed by atoms with E-state index in [4.69, 9.17) is 0 Å². The van der Waals surface area contributed by atoms with Crippen LogP contribution in [0.2, 0.25) is 0 Å². The molecule has 0 aromatic carbocycles. The molecule has 0 radical (unpaired) electrons. The van der Waals surface area contributed by atoms with E-state index in [1.165, 1.54) is 12.8 Å². The Hall–Kier alpha value is -0.130. The lowest BCUT2D eigenvalue weighted by Gasteiger charge is -2.19. The van der Waals surface area contributed by atoms with E-state index in [9.17, 15) is 8.42 Å². The lowest BCUT2D eigenvalue weighted by atomic mass is 10.0. The van der Waals surface area contributed by atoms with Crippen molar-refractivity contribution >= 4 is 10.0 Å². The van der Waals surface area contributed by atoms with E-state index < -0.39 is 10.0 Å². The molecular formula is C14H30N2O2S. The molecule has 2 unspecified atom stereocenters. The molecule has 2 atom stereocenters. The largest absolute Gasteiger partial charge is 0.313 e. The number of nitrogens with one attached hydrogen (secondary N) is 2. The van der Waals surface area contributed by atoms with Gasteiger partial charge in [-0.1, -0.05) is 26.7 Å². The normalized spacial score (nSPS) is 19.6. The predicted molar refractivity (Wildman–Crippen MR) is 80.7 cm³/mol. The highest BCUT2D eigenvalue weighted by Crippen LogP contribution is 2.18. The van der Waals surface area contributed by atoms with E-state index >= 15 is 0 Å². The fourth-order valence-corrected chi connectivity index (χ4v) is 3.24. The van der Waals surface area contributed by atoms with Gasteiger partial charge in [0.1, 0.15) is 0 Å². The molecule has 114 valence electrons. The zero-order valence-corrected chi connectivity index (χ0v) is 13.6. The third-order valence-corrected chi connectivity index (χ3v) is 5.54. The molecule has 19 heavy (non-hydrogen) atoms. The van der Waals surface area contributed by atoms with Crippen molar-refractivity contribution in [2.45, 2.75) is 77.1 Å². The first-order chi connectivity index (χ1) is 8.81. The molecule has 1 saturated carbocycles. The molecule has 1 rings (SSSR count). The van der Waals surface area contributed by atoms with Crippen molar-refractivity contribution in [1.29, 1.82) is 0 Å². The van der Waals surface area contributed by atoms with E-state index in [1.54, 1.807) is 6.92 Å². The summed E-state index contributed by atoms with van der Waals surface area (Å²) in [6.45, 7) is 8.68. The van der Waals surface area contributed by atoms with Crippen molar-refractivity contribution < 1.29 is 8.42 Å². The smallest absolute Gasteiger partial charge is 0.215 e. The van der Waals surface area contributed by atoms with Crippen LogP contribution in [0.25, 0.3) is 0 Å². The van der Waals surface area contributed by atoms with Crippen LogP contribution in [0.5, 0.6) is 0 Å². The van der Waals surface area contributed by atoms with Gasteiger partial charge in [-0.05, 0) is 39.0 Å². The summed E-state index contributed by atoms with van der Waals surface area (Å²) in [7, 11) is -3.19. The van der Waals surface area contributed by atoms with Gasteiger partial charge in [-0.15, -0.1) is 0 Å². The van der Waals surface area contributed by atoms with E-state index in [0.29, 0.717) is 18.5 Å². The minimum Gasteiger partial charge on any atom is -0.313 e. The molecule has 0 spiro atoms. The van der Waals surface area contributed by atoms with Crippen LogP contribution in [-0.4, -0.2) is 32.3 Å². The first kappa shape index (κ1) is 16.9. The lowest BCUT2D eigenvalue weighted by molar-refractivity contribution is 0.484. The highest BCUT2D eigenvalue weighted by atomic mass is 32.2. The fourth-order valence-electron chi connectivity index (χ4n) is 2.02. The molecule has 5 heteroatoms. The van der Waals surface area contributed by atoms with Gasteiger partial charge in [0, 0.05) is 18.6 Å². The van der Waals surface area contributed by atoms with Crippen LogP contribution in [0.1, 0.15) is 59.8 Å². The van der Waals surface area contributed by atoms with Crippen LogP contribution in [0.15, 0.2) is 0 Å². The number of hydrogen-bond donors (Lipinski definition) is 2. The topological polar surface area (TPSA) is 58.2 Å². The van der Waals surface area contributed by atoms with Gasteiger partial charge in [-0.3, -0.25) is 0 Å². The van der Waals surface area contributed by atoms with Gasteiger partial charge in [0.25, 0.3) is 0 Å². The summed E-state index contributed by atoms with van der Waals surface area (Å²) in [6.07, 6.45) is 5.53. The summed E-state index contributed by atoms with van der Waals surface area (Å²) in [5.74, 6) is 0.686. The third kappa shape index (κ3) is 7.28. The summed E-state index contributed by atoms with van der Waals surface area (Å²) in [5.41, 5.74) is 0. The maximum atomic E-state index is 12.1. The van der Waals surface area contributed by atoms with E-state index in [0.717, 1.165) is 19.3 Å². The monoisotopic (exact) mass is 290 g/mol. The molecular weight excluding hydrogens is 260 g/mol. The van der Waals surface area contributed by atoms with Gasteiger partial charge in [0.15, 0.2) is 0 Å². The summed E-state index contributed by atoms with van der Waals surface area (Å²) in [4.78, 5) is 0. The van der Waals surface area contributed by atoms with Crippen molar-refractivity contribution in [1.82, 2.24) is 10.0 Å². The van der Waals surface area contributed by atoms with Crippen molar-refractivity contribution in [3.05, 3.63) is 0 Å². The van der Waals surface area contributed by atoms with Crippen molar-refractivity contribution in [3.63, 3.8) is 0 Å².